The van der Waals surface area contributed by atoms with Crippen LogP contribution in [0.2, 0.25) is 0 Å². The first-order chi connectivity index (χ1) is 15.0. The van der Waals surface area contributed by atoms with Crippen molar-refractivity contribution in [2.45, 2.75) is 19.4 Å². The summed E-state index contributed by atoms with van der Waals surface area (Å²) in [4.78, 5) is 23.8. The van der Waals surface area contributed by atoms with Crippen molar-refractivity contribution < 1.29 is 15.0 Å². The minimum Gasteiger partial charge on any atom is -0.508 e. The zero-order valence-corrected chi connectivity index (χ0v) is 16.9. The number of phenols is 1. The highest BCUT2D eigenvalue weighted by molar-refractivity contribution is 6.06. The predicted octanol–water partition coefficient (Wildman–Crippen LogP) is 3.18. The van der Waals surface area contributed by atoms with Crippen LogP contribution in [0, 0.1) is 0 Å². The van der Waals surface area contributed by atoms with Gasteiger partial charge >= 0.3 is 0 Å². The molecular formula is C24H22N4O3. The van der Waals surface area contributed by atoms with E-state index in [0.717, 1.165) is 24.0 Å². The topological polar surface area (TPSA) is 113 Å². The second kappa shape index (κ2) is 7.52. The van der Waals surface area contributed by atoms with E-state index in [9.17, 15) is 15.0 Å². The normalized spacial score (nSPS) is 15.6. The van der Waals surface area contributed by atoms with Crippen LogP contribution in [0.25, 0.3) is 22.0 Å². The molecule has 1 aliphatic heterocycles. The van der Waals surface area contributed by atoms with E-state index in [1.807, 2.05) is 12.1 Å². The zero-order valence-electron chi connectivity index (χ0n) is 16.9. The van der Waals surface area contributed by atoms with Gasteiger partial charge in [-0.15, -0.1) is 0 Å². The first-order valence-corrected chi connectivity index (χ1v) is 10.2. The van der Waals surface area contributed by atoms with Gasteiger partial charge in [-0.1, -0.05) is 24.3 Å². The Balaban J connectivity index is 1.58. The number of aromatic hydroxyl groups is 1. The molecule has 0 saturated heterocycles. The van der Waals surface area contributed by atoms with Crippen molar-refractivity contribution in [1.82, 2.24) is 14.9 Å². The summed E-state index contributed by atoms with van der Waals surface area (Å²) in [5, 5.41) is 20.1. The van der Waals surface area contributed by atoms with E-state index >= 15 is 0 Å². The van der Waals surface area contributed by atoms with Gasteiger partial charge in [0.1, 0.15) is 11.4 Å². The predicted molar refractivity (Wildman–Crippen MR) is 118 cm³/mol. The van der Waals surface area contributed by atoms with Gasteiger partial charge in [0.05, 0.1) is 12.1 Å². The number of anilines is 1. The second-order valence-corrected chi connectivity index (χ2v) is 7.89. The number of aliphatic hydroxyl groups excluding tert-OH is 1. The van der Waals surface area contributed by atoms with Crippen molar-refractivity contribution in [3.05, 3.63) is 71.0 Å². The first-order valence-electron chi connectivity index (χ1n) is 10.2. The van der Waals surface area contributed by atoms with Crippen LogP contribution in [0.5, 0.6) is 5.75 Å². The Hall–Kier alpha value is -3.71. The van der Waals surface area contributed by atoms with Crippen molar-refractivity contribution in [2.24, 2.45) is 0 Å². The number of nitrogen functional groups attached to an aromatic ring is 1. The molecule has 2 aliphatic rings. The third-order valence-corrected chi connectivity index (χ3v) is 5.90. The maximum Gasteiger partial charge on any atom is 0.273 e. The van der Waals surface area contributed by atoms with E-state index in [4.69, 9.17) is 5.73 Å². The van der Waals surface area contributed by atoms with Gasteiger partial charge in [-0.25, -0.2) is 9.97 Å². The molecule has 0 radical (unpaired) electrons. The number of phenolic OH excluding ortho intramolecular Hbond substituents is 1. The third-order valence-electron chi connectivity index (χ3n) is 5.90. The number of aliphatic hydroxyl groups is 1. The standard InChI is InChI=1S/C24H22N4O3/c25-24-26-21-8-5-14(19-7-6-18(30)9-17(19)13-29)10-20(21)22(27-24)23(31)28-11-15-3-1-2-4-16(15)12-28/h1,3,5-10,29-30H,2,4,11-13H2,(H2,25,26,27). The lowest BCUT2D eigenvalue weighted by Gasteiger charge is -2.18. The average molecular weight is 414 g/mol. The molecule has 5 rings (SSSR count). The highest BCUT2D eigenvalue weighted by Crippen LogP contribution is 2.32. The van der Waals surface area contributed by atoms with Gasteiger partial charge < -0.3 is 20.8 Å². The molecule has 0 saturated carbocycles. The smallest absolute Gasteiger partial charge is 0.273 e. The Morgan fingerprint density at radius 3 is 2.81 bits per heavy atom. The number of aromatic nitrogens is 2. The van der Waals surface area contributed by atoms with Gasteiger partial charge in [0.2, 0.25) is 5.95 Å². The summed E-state index contributed by atoms with van der Waals surface area (Å²) in [5.41, 5.74) is 11.4. The van der Waals surface area contributed by atoms with Gasteiger partial charge in [-0.3, -0.25) is 4.79 Å². The molecule has 7 nitrogen and oxygen atoms in total. The molecular weight excluding hydrogens is 392 g/mol. The molecule has 0 fully saturated rings. The minimum atomic E-state index is -0.218. The number of nitrogens with zero attached hydrogens (tertiary/aromatic N) is 3. The summed E-state index contributed by atoms with van der Waals surface area (Å²) in [6, 6.07) is 10.3. The lowest BCUT2D eigenvalue weighted by Crippen LogP contribution is -2.30. The van der Waals surface area contributed by atoms with Crippen LogP contribution >= 0.6 is 0 Å². The Labute approximate surface area is 179 Å². The molecule has 0 unspecified atom stereocenters. The van der Waals surface area contributed by atoms with Crippen LogP contribution in [0.4, 0.5) is 5.95 Å². The van der Waals surface area contributed by atoms with Crippen molar-refractivity contribution in [2.75, 3.05) is 18.8 Å². The van der Waals surface area contributed by atoms with Gasteiger partial charge in [0, 0.05) is 18.5 Å². The van der Waals surface area contributed by atoms with Crippen LogP contribution in [0.3, 0.4) is 0 Å². The number of carbonyl (C=O) groups excluding carboxylic acids is 1. The monoisotopic (exact) mass is 414 g/mol. The summed E-state index contributed by atoms with van der Waals surface area (Å²) in [6.07, 6.45) is 6.25. The number of fused-ring (bicyclic) bond motifs is 1. The van der Waals surface area contributed by atoms with Crippen molar-refractivity contribution in [3.8, 4) is 16.9 Å². The van der Waals surface area contributed by atoms with Crippen LogP contribution in [-0.4, -0.2) is 44.1 Å². The van der Waals surface area contributed by atoms with Gasteiger partial charge in [-0.2, -0.15) is 0 Å². The number of hydrogen-bond donors (Lipinski definition) is 3. The molecule has 2 aromatic carbocycles. The number of carbonyl (C=O) groups is 1. The molecule has 1 aliphatic carbocycles. The fraction of sp³-hybridized carbons (Fsp3) is 0.208. The van der Waals surface area contributed by atoms with Gasteiger partial charge in [0.25, 0.3) is 5.91 Å². The highest BCUT2D eigenvalue weighted by atomic mass is 16.3. The molecule has 2 heterocycles. The quantitative estimate of drug-likeness (QED) is 0.607. The van der Waals surface area contributed by atoms with E-state index in [-0.39, 0.29) is 29.9 Å². The molecule has 0 bridgehead atoms. The average Bonchev–Trinajstić information content (AvgIpc) is 3.22. The number of amides is 1. The van der Waals surface area contributed by atoms with E-state index in [0.29, 0.717) is 29.6 Å². The molecule has 1 amide bonds. The Morgan fingerprint density at radius 1 is 1.13 bits per heavy atom. The van der Waals surface area contributed by atoms with Crippen LogP contribution in [-0.2, 0) is 6.61 Å². The van der Waals surface area contributed by atoms with E-state index < -0.39 is 0 Å². The largest absolute Gasteiger partial charge is 0.508 e. The zero-order chi connectivity index (χ0) is 21.5. The van der Waals surface area contributed by atoms with Crippen molar-refractivity contribution in [1.29, 1.82) is 0 Å². The molecule has 1 aromatic heterocycles. The molecule has 3 aromatic rings. The van der Waals surface area contributed by atoms with Crippen molar-refractivity contribution >= 4 is 22.8 Å². The van der Waals surface area contributed by atoms with Crippen molar-refractivity contribution in [3.63, 3.8) is 0 Å². The van der Waals surface area contributed by atoms with Crippen LogP contribution in [0.15, 0.2) is 59.7 Å². The van der Waals surface area contributed by atoms with E-state index in [1.165, 1.54) is 17.2 Å². The number of hydrogen-bond acceptors (Lipinski definition) is 6. The van der Waals surface area contributed by atoms with E-state index in [1.54, 1.807) is 23.1 Å². The summed E-state index contributed by atoms with van der Waals surface area (Å²) < 4.78 is 0. The molecule has 7 heteroatoms. The van der Waals surface area contributed by atoms with Gasteiger partial charge in [0.15, 0.2) is 0 Å². The summed E-state index contributed by atoms with van der Waals surface area (Å²) in [5.74, 6) is -0.0339. The number of benzene rings is 2. The number of rotatable bonds is 3. The Morgan fingerprint density at radius 2 is 2.00 bits per heavy atom. The third kappa shape index (κ3) is 3.43. The maximum atomic E-state index is 13.4. The molecule has 0 spiro atoms. The second-order valence-electron chi connectivity index (χ2n) is 7.89. The summed E-state index contributed by atoms with van der Waals surface area (Å²) in [7, 11) is 0. The Kier molecular flexibility index (Phi) is 4.67. The molecule has 31 heavy (non-hydrogen) atoms. The fourth-order valence-electron chi connectivity index (χ4n) is 4.36. The molecule has 156 valence electrons. The summed E-state index contributed by atoms with van der Waals surface area (Å²) >= 11 is 0. The highest BCUT2D eigenvalue weighted by Gasteiger charge is 2.28. The molecule has 0 atom stereocenters. The minimum absolute atomic E-state index is 0.0566. The van der Waals surface area contributed by atoms with Gasteiger partial charge in [-0.05, 0) is 64.9 Å². The Bertz CT molecular complexity index is 1280. The number of allylic oxidation sites excluding steroid dienone is 1. The lowest BCUT2D eigenvalue weighted by molar-refractivity contribution is 0.0792. The SMILES string of the molecule is Nc1nc(C(=O)N2CC3=C(CCC=C3)C2)c2cc(-c3ccc(O)cc3CO)ccc2n1. The van der Waals surface area contributed by atoms with Crippen LogP contribution < -0.4 is 5.73 Å². The lowest BCUT2D eigenvalue weighted by atomic mass is 9.97. The maximum absolute atomic E-state index is 13.4. The molecule has 4 N–H and O–H groups in total. The first kappa shape index (κ1) is 19.3. The van der Waals surface area contributed by atoms with Crippen LogP contribution in [0.1, 0.15) is 28.9 Å². The summed E-state index contributed by atoms with van der Waals surface area (Å²) in [6.45, 7) is 0.961. The van der Waals surface area contributed by atoms with E-state index in [2.05, 4.69) is 22.1 Å². The number of nitrogens with two attached hydrogens (primary N) is 1. The fourth-order valence-corrected chi connectivity index (χ4v) is 4.36.